The number of rotatable bonds is 5. The van der Waals surface area contributed by atoms with Crippen molar-refractivity contribution in [2.75, 3.05) is 5.32 Å². The maximum atomic E-state index is 12.1. The van der Waals surface area contributed by atoms with Crippen LogP contribution in [0.5, 0.6) is 0 Å². The minimum atomic E-state index is -1.23. The highest BCUT2D eigenvalue weighted by Crippen LogP contribution is 2.40. The molecule has 0 saturated heterocycles. The molecule has 3 N–H and O–H groups in total. The van der Waals surface area contributed by atoms with Crippen LogP contribution < -0.4 is 10.6 Å². The van der Waals surface area contributed by atoms with Gasteiger partial charge < -0.3 is 15.7 Å². The first-order chi connectivity index (χ1) is 9.33. The number of carbonyl (C=O) groups excluding carboxylic acids is 2. The summed E-state index contributed by atoms with van der Waals surface area (Å²) in [6.45, 7) is 2.92. The number of carbonyl (C=O) groups is 3. The quantitative estimate of drug-likeness (QED) is 0.770. The standard InChI is InChI=1S/C13H16N2O4S/c1-7(16)14-10-6-5-9(20-10)11(17)15-13(2,12(18)19)8-3-4-8/h5-6,8H,3-4H2,1-2H3,(H,14,16)(H,15,17)(H,18,19). The Balaban J connectivity index is 2.09. The fourth-order valence-electron chi connectivity index (χ4n) is 1.99. The third-order valence-electron chi connectivity index (χ3n) is 3.34. The number of anilines is 1. The van der Waals surface area contributed by atoms with Crippen LogP contribution in [0.2, 0.25) is 0 Å². The van der Waals surface area contributed by atoms with E-state index in [-0.39, 0.29) is 11.8 Å². The normalized spacial score (nSPS) is 17.1. The van der Waals surface area contributed by atoms with Crippen molar-refractivity contribution in [3.8, 4) is 0 Å². The summed E-state index contributed by atoms with van der Waals surface area (Å²) in [5, 5.41) is 15.0. The molecule has 1 aliphatic rings. The van der Waals surface area contributed by atoms with E-state index in [1.807, 2.05) is 0 Å². The van der Waals surface area contributed by atoms with Crippen LogP contribution in [-0.2, 0) is 9.59 Å². The van der Waals surface area contributed by atoms with Gasteiger partial charge in [-0.1, -0.05) is 0 Å². The highest BCUT2D eigenvalue weighted by molar-refractivity contribution is 7.18. The van der Waals surface area contributed by atoms with Crippen molar-refractivity contribution in [2.24, 2.45) is 5.92 Å². The monoisotopic (exact) mass is 296 g/mol. The van der Waals surface area contributed by atoms with Crippen molar-refractivity contribution in [3.63, 3.8) is 0 Å². The van der Waals surface area contributed by atoms with Crippen molar-refractivity contribution in [2.45, 2.75) is 32.2 Å². The SMILES string of the molecule is CC(=O)Nc1ccc(C(=O)NC(C)(C(=O)O)C2CC2)s1. The summed E-state index contributed by atoms with van der Waals surface area (Å²) in [6, 6.07) is 3.19. The lowest BCUT2D eigenvalue weighted by molar-refractivity contribution is -0.144. The molecular formula is C13H16N2O4S. The lowest BCUT2D eigenvalue weighted by atomic mass is 9.96. The Hall–Kier alpha value is -1.89. The topological polar surface area (TPSA) is 95.5 Å². The number of aliphatic carboxylic acids is 1. The first-order valence-electron chi connectivity index (χ1n) is 6.26. The van der Waals surface area contributed by atoms with Gasteiger partial charge in [0, 0.05) is 6.92 Å². The largest absolute Gasteiger partial charge is 0.480 e. The Bertz CT molecular complexity index is 564. The molecule has 0 aliphatic heterocycles. The summed E-state index contributed by atoms with van der Waals surface area (Å²) in [5.41, 5.74) is -1.23. The lowest BCUT2D eigenvalue weighted by Crippen LogP contribution is -2.53. The van der Waals surface area contributed by atoms with Crippen LogP contribution in [-0.4, -0.2) is 28.4 Å². The van der Waals surface area contributed by atoms with E-state index in [0.717, 1.165) is 24.2 Å². The van der Waals surface area contributed by atoms with E-state index >= 15 is 0 Å². The van der Waals surface area contributed by atoms with Crippen LogP contribution in [0.25, 0.3) is 0 Å². The molecule has 1 aliphatic carbocycles. The number of carboxylic acid groups (broad SMARTS) is 1. The fraction of sp³-hybridized carbons (Fsp3) is 0.462. The third-order valence-corrected chi connectivity index (χ3v) is 4.34. The van der Waals surface area contributed by atoms with Crippen LogP contribution in [0.15, 0.2) is 12.1 Å². The van der Waals surface area contributed by atoms with Crippen molar-refractivity contribution in [3.05, 3.63) is 17.0 Å². The molecule has 1 aromatic heterocycles. The molecule has 1 aromatic rings. The minimum Gasteiger partial charge on any atom is -0.480 e. The molecule has 0 bridgehead atoms. The molecule has 1 unspecified atom stereocenters. The first-order valence-corrected chi connectivity index (χ1v) is 7.08. The fourth-order valence-corrected chi connectivity index (χ4v) is 2.84. The Labute approximate surface area is 120 Å². The molecule has 7 heteroatoms. The van der Waals surface area contributed by atoms with Crippen molar-refractivity contribution in [1.29, 1.82) is 0 Å². The smallest absolute Gasteiger partial charge is 0.329 e. The van der Waals surface area contributed by atoms with Crippen LogP contribution in [0.4, 0.5) is 5.00 Å². The first kappa shape index (κ1) is 14.5. The number of hydrogen-bond donors (Lipinski definition) is 3. The number of amides is 2. The number of hydrogen-bond acceptors (Lipinski definition) is 4. The lowest BCUT2D eigenvalue weighted by Gasteiger charge is -2.25. The average Bonchev–Trinajstić information content (AvgIpc) is 3.10. The zero-order valence-corrected chi connectivity index (χ0v) is 12.0. The summed E-state index contributed by atoms with van der Waals surface area (Å²) in [5.74, 6) is -1.68. The second kappa shape index (κ2) is 5.24. The molecule has 2 amide bonds. The molecule has 108 valence electrons. The van der Waals surface area contributed by atoms with Gasteiger partial charge >= 0.3 is 5.97 Å². The Kier molecular flexibility index (Phi) is 3.80. The van der Waals surface area contributed by atoms with Gasteiger partial charge in [0.1, 0.15) is 5.54 Å². The predicted octanol–water partition coefficient (Wildman–Crippen LogP) is 1.69. The molecule has 0 aromatic carbocycles. The van der Waals surface area contributed by atoms with Gasteiger partial charge in [0.05, 0.1) is 9.88 Å². The highest BCUT2D eigenvalue weighted by Gasteiger charge is 2.48. The summed E-state index contributed by atoms with van der Waals surface area (Å²) in [4.78, 5) is 34.8. The zero-order valence-electron chi connectivity index (χ0n) is 11.2. The van der Waals surface area contributed by atoms with Gasteiger partial charge in [0.15, 0.2) is 0 Å². The maximum Gasteiger partial charge on any atom is 0.329 e. The maximum absolute atomic E-state index is 12.1. The van der Waals surface area contributed by atoms with Crippen molar-refractivity contribution < 1.29 is 19.5 Å². The average molecular weight is 296 g/mol. The van der Waals surface area contributed by atoms with Gasteiger partial charge in [-0.15, -0.1) is 11.3 Å². The predicted molar refractivity (Wildman–Crippen MR) is 74.9 cm³/mol. The Morgan fingerprint density at radius 3 is 2.50 bits per heavy atom. The van der Waals surface area contributed by atoms with Gasteiger partial charge in [-0.05, 0) is 37.8 Å². The number of nitrogens with one attached hydrogen (secondary N) is 2. The molecule has 6 nitrogen and oxygen atoms in total. The van der Waals surface area contributed by atoms with Crippen LogP contribution in [0.3, 0.4) is 0 Å². The Morgan fingerprint density at radius 1 is 1.35 bits per heavy atom. The van der Waals surface area contributed by atoms with Crippen molar-refractivity contribution >= 4 is 34.1 Å². The van der Waals surface area contributed by atoms with Gasteiger partial charge in [-0.2, -0.15) is 0 Å². The van der Waals surface area contributed by atoms with Gasteiger partial charge in [-0.25, -0.2) is 4.79 Å². The highest BCUT2D eigenvalue weighted by atomic mass is 32.1. The van der Waals surface area contributed by atoms with E-state index in [0.29, 0.717) is 9.88 Å². The number of thiophene rings is 1. The minimum absolute atomic E-state index is 0.0151. The van der Waals surface area contributed by atoms with Crippen LogP contribution in [0.1, 0.15) is 36.4 Å². The molecule has 0 spiro atoms. The molecule has 1 atom stereocenters. The van der Waals surface area contributed by atoms with E-state index < -0.39 is 17.4 Å². The van der Waals surface area contributed by atoms with Gasteiger partial charge in [0.2, 0.25) is 5.91 Å². The van der Waals surface area contributed by atoms with Gasteiger partial charge in [0.25, 0.3) is 5.91 Å². The number of carboxylic acids is 1. The van der Waals surface area contributed by atoms with Crippen molar-refractivity contribution in [1.82, 2.24) is 5.32 Å². The van der Waals surface area contributed by atoms with Gasteiger partial charge in [-0.3, -0.25) is 9.59 Å². The molecular weight excluding hydrogens is 280 g/mol. The third kappa shape index (κ3) is 2.98. The molecule has 1 heterocycles. The second-order valence-electron chi connectivity index (χ2n) is 5.08. The van der Waals surface area contributed by atoms with Crippen LogP contribution >= 0.6 is 11.3 Å². The second-order valence-corrected chi connectivity index (χ2v) is 6.16. The van der Waals surface area contributed by atoms with E-state index in [1.54, 1.807) is 12.1 Å². The summed E-state index contributed by atoms with van der Waals surface area (Å²) >= 11 is 1.12. The molecule has 0 radical (unpaired) electrons. The summed E-state index contributed by atoms with van der Waals surface area (Å²) in [7, 11) is 0. The van der Waals surface area contributed by atoms with E-state index in [2.05, 4.69) is 10.6 Å². The molecule has 2 rings (SSSR count). The molecule has 1 fully saturated rings. The van der Waals surface area contributed by atoms with E-state index in [1.165, 1.54) is 13.8 Å². The van der Waals surface area contributed by atoms with E-state index in [4.69, 9.17) is 0 Å². The zero-order chi connectivity index (χ0) is 14.9. The van der Waals surface area contributed by atoms with Crippen LogP contribution in [0, 0.1) is 5.92 Å². The molecule has 1 saturated carbocycles. The Morgan fingerprint density at radius 2 is 2.00 bits per heavy atom. The summed E-state index contributed by atoms with van der Waals surface area (Å²) in [6.07, 6.45) is 1.62. The molecule has 20 heavy (non-hydrogen) atoms. The summed E-state index contributed by atoms with van der Waals surface area (Å²) < 4.78 is 0. The van der Waals surface area contributed by atoms with E-state index in [9.17, 15) is 19.5 Å².